The van der Waals surface area contributed by atoms with Gasteiger partial charge < -0.3 is 31.4 Å². The number of nitrogens with one attached hydrogen (secondary N) is 5. The maximum atomic E-state index is 13.0. The average Bonchev–Trinajstić information content (AvgIpc) is 3.11. The van der Waals surface area contributed by atoms with Crippen LogP contribution in [0, 0.1) is 23.5 Å². The average molecular weight is 683 g/mol. The summed E-state index contributed by atoms with van der Waals surface area (Å²) in [6, 6.07) is 14.2. The van der Waals surface area contributed by atoms with Crippen LogP contribution in [0.25, 0.3) is 0 Å². The van der Waals surface area contributed by atoms with Gasteiger partial charge in [-0.2, -0.15) is 0 Å². The van der Waals surface area contributed by atoms with Crippen LogP contribution in [-0.2, 0) is 27.2 Å². The fourth-order valence-electron chi connectivity index (χ4n) is 7.59. The van der Waals surface area contributed by atoms with Gasteiger partial charge in [-0.1, -0.05) is 49.9 Å². The third-order valence-electron chi connectivity index (χ3n) is 10.2. The molecule has 6 atom stereocenters. The van der Waals surface area contributed by atoms with Gasteiger partial charge in [-0.15, -0.1) is 0 Å². The summed E-state index contributed by atoms with van der Waals surface area (Å²) >= 11 is 0. The van der Waals surface area contributed by atoms with Gasteiger partial charge in [0.2, 0.25) is 11.8 Å². The number of rotatable bonds is 9. The molecule has 5 N–H and O–H groups in total. The van der Waals surface area contributed by atoms with Crippen LogP contribution < -0.4 is 26.6 Å². The Hall–Kier alpha value is -3.25. The molecule has 0 spiro atoms. The number of hydrogen-bond donors (Lipinski definition) is 5. The van der Waals surface area contributed by atoms with Crippen molar-refractivity contribution in [3.63, 3.8) is 0 Å². The normalized spacial score (nSPS) is 27.3. The predicted octanol–water partition coefficient (Wildman–Crippen LogP) is 3.37. The molecule has 2 aromatic rings. The maximum Gasteiger partial charge on any atom is 0.234 e. The Morgan fingerprint density at radius 3 is 1.88 bits per heavy atom. The van der Waals surface area contributed by atoms with Gasteiger partial charge >= 0.3 is 0 Å². The van der Waals surface area contributed by atoms with Gasteiger partial charge in [-0.05, 0) is 93.9 Å². The molecule has 6 rings (SSSR count). The Balaban J connectivity index is 0.000000184. The summed E-state index contributed by atoms with van der Waals surface area (Å²) < 4.78 is 25.7. The van der Waals surface area contributed by atoms with E-state index in [1.807, 2.05) is 14.1 Å². The molecule has 11 heteroatoms. The van der Waals surface area contributed by atoms with Crippen molar-refractivity contribution >= 4 is 18.1 Å². The summed E-state index contributed by atoms with van der Waals surface area (Å²) in [4.78, 5) is 36.0. The Morgan fingerprint density at radius 2 is 1.31 bits per heavy atom. The number of hydrogen-bond acceptors (Lipinski definition) is 7. The largest absolute Gasteiger partial charge is 0.351 e. The zero-order chi connectivity index (χ0) is 35.0. The Morgan fingerprint density at radius 1 is 0.755 bits per heavy atom. The summed E-state index contributed by atoms with van der Waals surface area (Å²) in [5.41, 5.74) is 2.10. The van der Waals surface area contributed by atoms with Gasteiger partial charge in [-0.25, -0.2) is 8.78 Å². The van der Waals surface area contributed by atoms with E-state index >= 15 is 0 Å². The number of nitrogens with zero attached hydrogens (tertiary/aromatic N) is 1. The molecule has 2 heterocycles. The highest BCUT2D eigenvalue weighted by Crippen LogP contribution is 2.26. The second kappa shape index (κ2) is 20.4. The molecule has 2 saturated heterocycles. The minimum atomic E-state index is -0.232. The topological polar surface area (TPSA) is 115 Å². The standard InChI is InChI=1S/C19H28FN3O.C11H13FN2O.C8H15NO/c1-21-18-5-3-2-4-15(18)11-23-12-17(22-19(24)13-23)10-14-6-8-16(20)9-7-14;12-9-3-1-8(2-4-9)5-10-6-13-7-11(15)14-10;1-9-8-5-3-2-4-7(8)6-10/h6-9,15,17-18,21H,2-5,10-13H2,1H3,(H,22,24);1-4,10,13H,5-7H2,(H,14,15);6-9H,2-5H2,1H3/t15-,17-,18+;10-;7-,8+/m000/s1. The molecule has 2 aliphatic heterocycles. The first-order valence-electron chi connectivity index (χ1n) is 18.1. The third kappa shape index (κ3) is 13.2. The van der Waals surface area contributed by atoms with E-state index in [9.17, 15) is 23.2 Å². The molecule has 2 saturated carbocycles. The summed E-state index contributed by atoms with van der Waals surface area (Å²) in [6.45, 7) is 3.50. The van der Waals surface area contributed by atoms with Crippen molar-refractivity contribution in [2.24, 2.45) is 11.8 Å². The summed E-state index contributed by atoms with van der Waals surface area (Å²) in [5, 5.41) is 15.6. The van der Waals surface area contributed by atoms with Gasteiger partial charge in [0.1, 0.15) is 17.9 Å². The predicted molar refractivity (Wildman–Crippen MR) is 189 cm³/mol. The van der Waals surface area contributed by atoms with Crippen molar-refractivity contribution in [1.82, 2.24) is 31.5 Å². The summed E-state index contributed by atoms with van der Waals surface area (Å²) in [5.74, 6) is 0.575. The van der Waals surface area contributed by atoms with Crippen molar-refractivity contribution in [3.05, 3.63) is 71.3 Å². The lowest BCUT2D eigenvalue weighted by molar-refractivity contribution is -0.126. The summed E-state index contributed by atoms with van der Waals surface area (Å²) in [6.07, 6.45) is 12.4. The van der Waals surface area contributed by atoms with Crippen molar-refractivity contribution in [1.29, 1.82) is 0 Å². The molecule has 0 aromatic heterocycles. The van der Waals surface area contributed by atoms with Crippen LogP contribution >= 0.6 is 0 Å². The molecule has 4 fully saturated rings. The van der Waals surface area contributed by atoms with Crippen LogP contribution in [0.5, 0.6) is 0 Å². The lowest BCUT2D eigenvalue weighted by atomic mass is 9.84. The number of amides is 2. The van der Waals surface area contributed by atoms with Gasteiger partial charge in [0.15, 0.2) is 0 Å². The van der Waals surface area contributed by atoms with Crippen molar-refractivity contribution < 1.29 is 23.2 Å². The highest BCUT2D eigenvalue weighted by molar-refractivity contribution is 5.79. The minimum Gasteiger partial charge on any atom is -0.351 e. The molecule has 2 amide bonds. The van der Waals surface area contributed by atoms with E-state index in [0.717, 1.165) is 56.3 Å². The van der Waals surface area contributed by atoms with Crippen molar-refractivity contribution in [3.8, 4) is 0 Å². The van der Waals surface area contributed by atoms with Crippen LogP contribution in [0.1, 0.15) is 62.5 Å². The van der Waals surface area contributed by atoms with Crippen LogP contribution in [-0.4, -0.2) is 94.0 Å². The van der Waals surface area contributed by atoms with Crippen LogP contribution in [0.2, 0.25) is 0 Å². The van der Waals surface area contributed by atoms with Gasteiger partial charge in [0.25, 0.3) is 0 Å². The van der Waals surface area contributed by atoms with E-state index in [4.69, 9.17) is 0 Å². The van der Waals surface area contributed by atoms with Gasteiger partial charge in [0, 0.05) is 49.7 Å². The molecule has 49 heavy (non-hydrogen) atoms. The molecule has 2 aliphatic carbocycles. The zero-order valence-electron chi connectivity index (χ0n) is 29.2. The van der Waals surface area contributed by atoms with Gasteiger partial charge in [0.05, 0.1) is 13.1 Å². The third-order valence-corrected chi connectivity index (χ3v) is 10.2. The maximum absolute atomic E-state index is 13.0. The first-order chi connectivity index (χ1) is 23.8. The van der Waals surface area contributed by atoms with Crippen LogP contribution in [0.3, 0.4) is 0 Å². The Labute approximate surface area is 290 Å². The fraction of sp³-hybridized carbons (Fsp3) is 0.605. The second-order valence-electron chi connectivity index (χ2n) is 13.9. The SMILES string of the molecule is CN[C@@H]1CCCC[C@H]1C=O.CN[C@@H]1CCCC[C@H]1CN1CC(=O)N[C@@H](Cc2ccc(F)cc2)C1.O=C1CNC[C@H](Cc2ccc(F)cc2)N1. The minimum absolute atomic E-state index is 0.0216. The highest BCUT2D eigenvalue weighted by atomic mass is 19.1. The Kier molecular flexibility index (Phi) is 16.1. The van der Waals surface area contributed by atoms with E-state index < -0.39 is 0 Å². The van der Waals surface area contributed by atoms with Crippen LogP contribution in [0.4, 0.5) is 8.78 Å². The van der Waals surface area contributed by atoms with Crippen molar-refractivity contribution in [2.75, 3.05) is 46.8 Å². The molecular formula is C38H56F2N6O3. The van der Waals surface area contributed by atoms with E-state index in [2.05, 4.69) is 31.5 Å². The van der Waals surface area contributed by atoms with Crippen LogP contribution in [0.15, 0.2) is 48.5 Å². The summed E-state index contributed by atoms with van der Waals surface area (Å²) in [7, 11) is 3.98. The number of carbonyl (C=O) groups excluding carboxylic acids is 3. The molecule has 9 nitrogen and oxygen atoms in total. The molecule has 0 unspecified atom stereocenters. The smallest absolute Gasteiger partial charge is 0.234 e. The van der Waals surface area contributed by atoms with E-state index in [0.29, 0.717) is 31.1 Å². The monoisotopic (exact) mass is 682 g/mol. The lowest BCUT2D eigenvalue weighted by Gasteiger charge is -2.39. The fourth-order valence-corrected chi connectivity index (χ4v) is 7.59. The molecular weight excluding hydrogens is 626 g/mol. The number of halogens is 2. The molecule has 270 valence electrons. The molecule has 4 aliphatic rings. The molecule has 0 radical (unpaired) electrons. The molecule has 2 aromatic carbocycles. The van der Waals surface area contributed by atoms with E-state index in [1.165, 1.54) is 69.2 Å². The quantitative estimate of drug-likeness (QED) is 0.258. The highest BCUT2D eigenvalue weighted by Gasteiger charge is 2.30. The van der Waals surface area contributed by atoms with Gasteiger partial charge in [-0.3, -0.25) is 14.5 Å². The molecule has 0 bridgehead atoms. The van der Waals surface area contributed by atoms with Crippen molar-refractivity contribution in [2.45, 2.75) is 88.4 Å². The lowest BCUT2D eigenvalue weighted by Crippen LogP contribution is -2.56. The number of aldehydes is 1. The Bertz CT molecular complexity index is 1300. The van der Waals surface area contributed by atoms with E-state index in [1.54, 1.807) is 24.3 Å². The number of piperazine rings is 2. The first-order valence-corrected chi connectivity index (χ1v) is 18.1. The first kappa shape index (κ1) is 38.6. The van der Waals surface area contributed by atoms with E-state index in [-0.39, 0.29) is 41.5 Å². The second-order valence-corrected chi connectivity index (χ2v) is 13.9. The zero-order valence-corrected chi connectivity index (χ0v) is 29.2. The number of benzene rings is 2. The number of carbonyl (C=O) groups is 3.